The number of benzene rings is 1. The minimum Gasteiger partial charge on any atom is -0.459 e. The summed E-state index contributed by atoms with van der Waals surface area (Å²) in [5.74, 6) is 0.238. The molecule has 3 aromatic rings. The number of esters is 1. The van der Waals surface area contributed by atoms with Gasteiger partial charge in [0.05, 0.1) is 11.0 Å². The largest absolute Gasteiger partial charge is 0.459 e. The van der Waals surface area contributed by atoms with E-state index in [-0.39, 0.29) is 12.5 Å². The molecule has 0 amide bonds. The summed E-state index contributed by atoms with van der Waals surface area (Å²) in [4.78, 5) is 20.7. The summed E-state index contributed by atoms with van der Waals surface area (Å²) < 4.78 is 7.23. The van der Waals surface area contributed by atoms with Crippen LogP contribution in [0.2, 0.25) is 0 Å². The van der Waals surface area contributed by atoms with Gasteiger partial charge >= 0.3 is 5.97 Å². The highest BCUT2D eigenvalue weighted by Crippen LogP contribution is 2.20. The van der Waals surface area contributed by atoms with Crippen molar-refractivity contribution in [3.05, 3.63) is 36.7 Å². The van der Waals surface area contributed by atoms with Gasteiger partial charge in [-0.2, -0.15) is 0 Å². The molecule has 3 rings (SSSR count). The fraction of sp³-hybridized carbons (Fsp3) is 0.312. The Morgan fingerprint density at radius 1 is 1.32 bits per heavy atom. The number of hydrogen-bond donors (Lipinski definition) is 1. The van der Waals surface area contributed by atoms with Gasteiger partial charge < -0.3 is 10.1 Å². The fourth-order valence-corrected chi connectivity index (χ4v) is 2.26. The second-order valence-corrected chi connectivity index (χ2v) is 6.01. The molecule has 0 unspecified atom stereocenters. The molecule has 0 aliphatic heterocycles. The van der Waals surface area contributed by atoms with E-state index in [9.17, 15) is 4.79 Å². The average Bonchev–Trinajstić information content (AvgIpc) is 2.92. The first-order valence-electron chi connectivity index (χ1n) is 7.11. The quantitative estimate of drug-likeness (QED) is 0.753. The summed E-state index contributed by atoms with van der Waals surface area (Å²) in [6.45, 7) is 5.56. The maximum atomic E-state index is 11.8. The van der Waals surface area contributed by atoms with Crippen LogP contribution in [0.3, 0.4) is 0 Å². The molecule has 114 valence electrons. The topological polar surface area (TPSA) is 68.5 Å². The molecule has 0 saturated heterocycles. The Balaban J connectivity index is 1.90. The molecular formula is C16H18N4O2. The first-order chi connectivity index (χ1) is 10.4. The van der Waals surface area contributed by atoms with Crippen molar-refractivity contribution in [2.75, 3.05) is 11.9 Å². The van der Waals surface area contributed by atoms with Crippen LogP contribution in [-0.4, -0.2) is 32.5 Å². The second-order valence-electron chi connectivity index (χ2n) is 6.01. The molecule has 1 aromatic carbocycles. The molecule has 22 heavy (non-hydrogen) atoms. The van der Waals surface area contributed by atoms with E-state index in [0.717, 1.165) is 11.0 Å². The number of nitrogens with zero attached hydrogens (tertiary/aromatic N) is 3. The monoisotopic (exact) mass is 298 g/mol. The highest BCUT2D eigenvalue weighted by atomic mass is 16.6. The van der Waals surface area contributed by atoms with Gasteiger partial charge in [0.2, 0.25) is 0 Å². The van der Waals surface area contributed by atoms with Crippen molar-refractivity contribution in [3.8, 4) is 0 Å². The lowest BCUT2D eigenvalue weighted by molar-refractivity contribution is -0.152. The predicted octanol–water partition coefficient (Wildman–Crippen LogP) is 2.64. The number of para-hydroxylation sites is 2. The number of imidazole rings is 1. The smallest absolute Gasteiger partial charge is 0.325 e. The second kappa shape index (κ2) is 5.29. The Morgan fingerprint density at radius 3 is 2.86 bits per heavy atom. The highest BCUT2D eigenvalue weighted by Gasteiger charge is 2.17. The van der Waals surface area contributed by atoms with Gasteiger partial charge in [0.1, 0.15) is 12.1 Å². The van der Waals surface area contributed by atoms with Crippen molar-refractivity contribution < 1.29 is 9.53 Å². The van der Waals surface area contributed by atoms with Crippen molar-refractivity contribution in [3.63, 3.8) is 0 Å². The van der Waals surface area contributed by atoms with Crippen LogP contribution in [0.25, 0.3) is 16.7 Å². The molecule has 0 spiro atoms. The number of ether oxygens (including phenoxy) is 1. The molecule has 2 aromatic heterocycles. The summed E-state index contributed by atoms with van der Waals surface area (Å²) in [5, 5.41) is 3.02. The van der Waals surface area contributed by atoms with Crippen LogP contribution >= 0.6 is 0 Å². The maximum absolute atomic E-state index is 11.8. The van der Waals surface area contributed by atoms with Gasteiger partial charge in [-0.25, -0.2) is 9.97 Å². The number of anilines is 1. The zero-order valence-corrected chi connectivity index (χ0v) is 12.8. The van der Waals surface area contributed by atoms with Gasteiger partial charge in [-0.05, 0) is 32.9 Å². The number of aromatic nitrogens is 3. The Labute approximate surface area is 128 Å². The van der Waals surface area contributed by atoms with Gasteiger partial charge in [-0.1, -0.05) is 12.1 Å². The Hall–Kier alpha value is -2.63. The van der Waals surface area contributed by atoms with Gasteiger partial charge in [-0.15, -0.1) is 0 Å². The lowest BCUT2D eigenvalue weighted by Gasteiger charge is -2.19. The number of fused-ring (bicyclic) bond motifs is 3. The zero-order valence-electron chi connectivity index (χ0n) is 12.8. The van der Waals surface area contributed by atoms with Crippen LogP contribution in [-0.2, 0) is 9.53 Å². The third kappa shape index (κ3) is 2.86. The molecule has 0 bridgehead atoms. The minimum atomic E-state index is -0.502. The number of carbonyl (C=O) groups excluding carboxylic acids is 1. The number of nitrogens with one attached hydrogen (secondary N) is 1. The van der Waals surface area contributed by atoms with Crippen LogP contribution < -0.4 is 5.32 Å². The van der Waals surface area contributed by atoms with Crippen LogP contribution in [0.5, 0.6) is 0 Å². The Kier molecular flexibility index (Phi) is 3.44. The summed E-state index contributed by atoms with van der Waals surface area (Å²) in [7, 11) is 0. The predicted molar refractivity (Wildman–Crippen MR) is 84.8 cm³/mol. The van der Waals surface area contributed by atoms with E-state index in [1.54, 1.807) is 6.20 Å². The molecule has 6 heteroatoms. The third-order valence-corrected chi connectivity index (χ3v) is 3.05. The molecule has 1 N–H and O–H groups in total. The molecule has 2 heterocycles. The van der Waals surface area contributed by atoms with E-state index in [4.69, 9.17) is 4.74 Å². The average molecular weight is 298 g/mol. The van der Waals surface area contributed by atoms with Crippen molar-refractivity contribution in [1.82, 2.24) is 14.4 Å². The normalized spacial score (nSPS) is 11.8. The lowest BCUT2D eigenvalue weighted by Crippen LogP contribution is -2.28. The van der Waals surface area contributed by atoms with Gasteiger partial charge in [0.25, 0.3) is 0 Å². The first-order valence-corrected chi connectivity index (χ1v) is 7.11. The van der Waals surface area contributed by atoms with Crippen molar-refractivity contribution >= 4 is 28.5 Å². The van der Waals surface area contributed by atoms with Gasteiger partial charge in [-0.3, -0.25) is 9.20 Å². The molecule has 0 saturated carbocycles. The summed E-state index contributed by atoms with van der Waals surface area (Å²) in [6, 6.07) is 7.79. The van der Waals surface area contributed by atoms with E-state index >= 15 is 0 Å². The number of carbonyl (C=O) groups is 1. The van der Waals surface area contributed by atoms with Crippen molar-refractivity contribution in [1.29, 1.82) is 0 Å². The molecule has 0 aliphatic carbocycles. The van der Waals surface area contributed by atoms with E-state index in [1.165, 1.54) is 0 Å². The lowest BCUT2D eigenvalue weighted by atomic mass is 10.2. The highest BCUT2D eigenvalue weighted by molar-refractivity contribution is 5.84. The zero-order chi connectivity index (χ0) is 15.7. The van der Waals surface area contributed by atoms with Gasteiger partial charge in [0.15, 0.2) is 11.5 Å². The minimum absolute atomic E-state index is 0.0468. The van der Waals surface area contributed by atoms with Crippen LogP contribution in [0, 0.1) is 0 Å². The molecule has 0 fully saturated rings. The standard InChI is InChI=1S/C16H18N4O2/c1-16(2,3)22-13(21)10-18-14-15-17-8-9-20(15)12-7-5-4-6-11(12)19-14/h4-9H,10H2,1-3H3,(H,18,19). The van der Waals surface area contributed by atoms with E-state index in [1.807, 2.05) is 55.6 Å². The van der Waals surface area contributed by atoms with E-state index in [0.29, 0.717) is 11.5 Å². The SMILES string of the molecule is CC(C)(C)OC(=O)CNc1nc2ccccc2n2ccnc12. The molecule has 0 radical (unpaired) electrons. The molecular weight excluding hydrogens is 280 g/mol. The van der Waals surface area contributed by atoms with Crippen LogP contribution in [0.1, 0.15) is 20.8 Å². The van der Waals surface area contributed by atoms with Gasteiger partial charge in [0, 0.05) is 12.4 Å². The molecule has 0 aliphatic rings. The summed E-state index contributed by atoms with van der Waals surface area (Å²) >= 11 is 0. The fourth-order valence-electron chi connectivity index (χ4n) is 2.26. The summed E-state index contributed by atoms with van der Waals surface area (Å²) in [5.41, 5.74) is 1.98. The Bertz CT molecular complexity index is 833. The summed E-state index contributed by atoms with van der Waals surface area (Å²) in [6.07, 6.45) is 3.58. The van der Waals surface area contributed by atoms with Crippen molar-refractivity contribution in [2.24, 2.45) is 0 Å². The van der Waals surface area contributed by atoms with E-state index in [2.05, 4.69) is 15.3 Å². The van der Waals surface area contributed by atoms with Crippen LogP contribution in [0.15, 0.2) is 36.7 Å². The molecule has 6 nitrogen and oxygen atoms in total. The third-order valence-electron chi connectivity index (χ3n) is 3.05. The first kappa shape index (κ1) is 14.3. The van der Waals surface area contributed by atoms with Crippen LogP contribution in [0.4, 0.5) is 5.82 Å². The number of rotatable bonds is 3. The number of hydrogen-bond acceptors (Lipinski definition) is 5. The Morgan fingerprint density at radius 2 is 2.09 bits per heavy atom. The maximum Gasteiger partial charge on any atom is 0.325 e. The van der Waals surface area contributed by atoms with E-state index < -0.39 is 5.60 Å². The molecule has 0 atom stereocenters. The van der Waals surface area contributed by atoms with Crippen molar-refractivity contribution in [2.45, 2.75) is 26.4 Å².